The Morgan fingerprint density at radius 3 is 0.692 bits per heavy atom. The van der Waals surface area contributed by atoms with Crippen molar-refractivity contribution in [1.29, 1.82) is 0 Å². The van der Waals surface area contributed by atoms with Crippen LogP contribution in [-0.4, -0.2) is 19.9 Å². The van der Waals surface area contributed by atoms with Crippen LogP contribution < -0.4 is 19.9 Å². The second kappa shape index (κ2) is 28.2. The van der Waals surface area contributed by atoms with Gasteiger partial charge in [0.2, 0.25) is 0 Å². The van der Waals surface area contributed by atoms with Crippen LogP contribution in [0.25, 0.3) is 160 Å². The average molecular weight is 1490 g/mol. The van der Waals surface area contributed by atoms with Gasteiger partial charge in [0.05, 0.1) is 45.6 Å². The summed E-state index contributed by atoms with van der Waals surface area (Å²) >= 11 is 0. The molecule has 0 atom stereocenters. The van der Waals surface area contributed by atoms with Crippen LogP contribution in [0.15, 0.2) is 216 Å². The van der Waals surface area contributed by atoms with Gasteiger partial charge in [-0.25, -0.2) is 19.9 Å². The molecule has 0 fully saturated rings. The van der Waals surface area contributed by atoms with Gasteiger partial charge in [0.15, 0.2) is 0 Å². The molecule has 10 heterocycles. The van der Waals surface area contributed by atoms with Crippen molar-refractivity contribution in [3.63, 3.8) is 0 Å². The first-order valence-corrected chi connectivity index (χ1v) is 37.2. The molecule has 16 rings (SSSR count). The van der Waals surface area contributed by atoms with Gasteiger partial charge in [0.25, 0.3) is 0 Å². The standard InChI is InChI=1S/C92H78N8S2.2Zn/c1-89(2,3)61-25-13-55(14-26-61)83-71-41-33-65(93-71)53-66-34-42-72(94-66)84(56-15-27-62(28-16-56)90(4,5)6)76-46-50-80(98-76)87(79-49-45-75(83)97-79)59-21-37-69(38-22-59)101-102-70-39-23-60(24-40-70)88-81-51-47-77(99-81)85(57-17-29-63(30-18-57)91(7,8)9)73-43-35-67(95-73)54-68-36-44-74(96-68)86(78-48-52-82(88)100-78)58-19-31-64(32-20-58)92(10,11)12;;/h13-54H,1-12H3;;/q-4;2*+2. The van der Waals surface area contributed by atoms with E-state index in [9.17, 15) is 0 Å². The predicted octanol–water partition coefficient (Wildman–Crippen LogP) is 24.1. The van der Waals surface area contributed by atoms with Gasteiger partial charge in [-0.15, -0.1) is 44.1 Å². The maximum Gasteiger partial charge on any atom is 2.00 e. The molecule has 0 aliphatic carbocycles. The molecule has 0 saturated carbocycles. The number of benzene rings is 6. The molecule has 16 bridgehead atoms. The summed E-state index contributed by atoms with van der Waals surface area (Å²) in [4.78, 5) is 45.5. The summed E-state index contributed by atoms with van der Waals surface area (Å²) in [6, 6.07) is 74.2. The monoisotopic (exact) mass is 1490 g/mol. The van der Waals surface area contributed by atoms with E-state index in [1.807, 2.05) is 0 Å². The molecular weight excluding hydrogens is 1410 g/mol. The summed E-state index contributed by atoms with van der Waals surface area (Å²) in [5.74, 6) is 0. The van der Waals surface area contributed by atoms with Crippen LogP contribution in [-0.2, 0) is 60.6 Å². The van der Waals surface area contributed by atoms with Gasteiger partial charge in [-0.2, -0.15) is 0 Å². The summed E-state index contributed by atoms with van der Waals surface area (Å²) in [5.41, 5.74) is 30.3. The molecule has 6 aromatic heterocycles. The SMILES string of the molecule is CC(C)(C)c1ccc(-c2c3nc(c(-c4ccc(SSc5ccc(-c6c7nc(c(-c8ccc(C(C)(C)C)cc8)c8ccc(cc9nc(c(-c%10ccc(C(C)(C)C)cc%10)c%10ccc6[n-]%10)C=C9)[n-]8)C=C7)cc5)cc4)c4ccc([n-]4)c(-c4ccc(C(C)(C)C)cc4)c4nc(cc5ccc2[n-]5)C=C4)C=C3)cc1.[Zn+2].[Zn+2]. The molecule has 12 aromatic rings. The Morgan fingerprint density at radius 1 is 0.231 bits per heavy atom. The van der Waals surface area contributed by atoms with Gasteiger partial charge in [-0.1, -0.05) is 287 Å². The van der Waals surface area contributed by atoms with E-state index >= 15 is 0 Å². The maximum absolute atomic E-state index is 5.55. The third-order valence-electron chi connectivity index (χ3n) is 19.5. The minimum absolute atomic E-state index is 0. The van der Waals surface area contributed by atoms with Crippen molar-refractivity contribution < 1.29 is 39.0 Å². The van der Waals surface area contributed by atoms with Crippen LogP contribution in [0.3, 0.4) is 0 Å². The zero-order chi connectivity index (χ0) is 70.4. The molecule has 4 aliphatic rings. The summed E-state index contributed by atoms with van der Waals surface area (Å²) in [6.07, 6.45) is 16.9. The van der Waals surface area contributed by atoms with Crippen molar-refractivity contribution in [1.82, 2.24) is 39.9 Å². The Kier molecular flexibility index (Phi) is 19.3. The Morgan fingerprint density at radius 2 is 0.442 bits per heavy atom. The molecule has 104 heavy (non-hydrogen) atoms. The third-order valence-corrected chi connectivity index (χ3v) is 22.0. The third kappa shape index (κ3) is 14.4. The molecule has 4 aliphatic heterocycles. The van der Waals surface area contributed by atoms with Crippen molar-refractivity contribution in [2.75, 3.05) is 0 Å². The van der Waals surface area contributed by atoms with Crippen LogP contribution >= 0.6 is 21.6 Å². The van der Waals surface area contributed by atoms with E-state index in [1.165, 1.54) is 22.3 Å². The Bertz CT molecular complexity index is 5330. The van der Waals surface area contributed by atoms with Crippen LogP contribution in [0.5, 0.6) is 0 Å². The number of hydrogen-bond acceptors (Lipinski definition) is 6. The van der Waals surface area contributed by atoms with Gasteiger partial charge in [-0.05, 0) is 184 Å². The van der Waals surface area contributed by atoms with Crippen molar-refractivity contribution in [3.8, 4) is 66.8 Å². The van der Waals surface area contributed by atoms with Crippen LogP contribution in [0.4, 0.5) is 0 Å². The molecule has 0 radical (unpaired) electrons. The largest absolute Gasteiger partial charge is 2.00 e. The first kappa shape index (κ1) is 71.5. The van der Waals surface area contributed by atoms with Crippen molar-refractivity contribution in [2.24, 2.45) is 0 Å². The normalized spacial score (nSPS) is 12.8. The van der Waals surface area contributed by atoms with Gasteiger partial charge >= 0.3 is 39.0 Å². The molecule has 6 aromatic carbocycles. The number of rotatable bonds is 9. The second-order valence-electron chi connectivity index (χ2n) is 30.9. The molecule has 502 valence electrons. The van der Waals surface area contributed by atoms with Crippen molar-refractivity contribution >= 4 is 114 Å². The Labute approximate surface area is 643 Å². The Hall–Kier alpha value is -9.53. The Balaban J connectivity index is 0.00000456. The minimum atomic E-state index is -0.00359. The number of nitrogens with zero attached hydrogens (tertiary/aromatic N) is 8. The van der Waals surface area contributed by atoms with Crippen LogP contribution in [0.1, 0.15) is 151 Å². The maximum atomic E-state index is 5.55. The van der Waals surface area contributed by atoms with Crippen LogP contribution in [0, 0.1) is 0 Å². The van der Waals surface area contributed by atoms with Gasteiger partial charge < -0.3 is 19.9 Å². The number of aromatic nitrogens is 8. The van der Waals surface area contributed by atoms with E-state index in [1.54, 1.807) is 21.6 Å². The van der Waals surface area contributed by atoms with E-state index in [4.69, 9.17) is 39.9 Å². The summed E-state index contributed by atoms with van der Waals surface area (Å²) in [7, 11) is 3.46. The number of hydrogen-bond donors (Lipinski definition) is 0. The van der Waals surface area contributed by atoms with Crippen molar-refractivity contribution in [2.45, 2.75) is 115 Å². The summed E-state index contributed by atoms with van der Waals surface area (Å²) < 4.78 is 0. The van der Waals surface area contributed by atoms with Gasteiger partial charge in [-0.3, -0.25) is 0 Å². The molecule has 8 nitrogen and oxygen atoms in total. The van der Waals surface area contributed by atoms with Gasteiger partial charge in [0, 0.05) is 9.79 Å². The van der Waals surface area contributed by atoms with Gasteiger partial charge in [0.1, 0.15) is 0 Å². The molecule has 0 N–H and O–H groups in total. The van der Waals surface area contributed by atoms with E-state index in [2.05, 4.69) is 338 Å². The quantitative estimate of drug-likeness (QED) is 0.102. The topological polar surface area (TPSA) is 108 Å². The molecule has 12 heteroatoms. The fraction of sp³-hybridized carbons (Fsp3) is 0.174. The average Bonchev–Trinajstić information content (AvgIpc) is 1.62. The van der Waals surface area contributed by atoms with E-state index in [-0.39, 0.29) is 60.6 Å². The van der Waals surface area contributed by atoms with Crippen molar-refractivity contribution in [3.05, 3.63) is 274 Å². The molecule has 0 unspecified atom stereocenters. The fourth-order valence-electron chi connectivity index (χ4n) is 13.8. The predicted molar refractivity (Wildman–Crippen MR) is 433 cm³/mol. The van der Waals surface area contributed by atoms with E-state index < -0.39 is 0 Å². The zero-order valence-corrected chi connectivity index (χ0v) is 68.6. The summed E-state index contributed by atoms with van der Waals surface area (Å²) in [6.45, 7) is 27.0. The van der Waals surface area contributed by atoms with Crippen LogP contribution in [0.2, 0.25) is 0 Å². The minimum Gasteiger partial charge on any atom is -0.657 e. The smallest absolute Gasteiger partial charge is 0.657 e. The molecule has 0 amide bonds. The molecule has 0 spiro atoms. The first-order valence-electron chi connectivity index (χ1n) is 35.0. The van der Waals surface area contributed by atoms with E-state index in [0.29, 0.717) is 0 Å². The van der Waals surface area contributed by atoms with E-state index in [0.717, 1.165) is 166 Å². The fourth-order valence-corrected chi connectivity index (χ4v) is 15.7. The second-order valence-corrected chi connectivity index (χ2v) is 33.2. The molecular formula is C92H78N8S2Zn2. The summed E-state index contributed by atoms with van der Waals surface area (Å²) in [5, 5.41) is 0. The zero-order valence-electron chi connectivity index (χ0n) is 61.1. The first-order chi connectivity index (χ1) is 49.0. The number of fused-ring (bicyclic) bond motifs is 16. The molecule has 0 saturated heterocycles.